The van der Waals surface area contributed by atoms with Crippen molar-refractivity contribution in [1.29, 1.82) is 0 Å². The summed E-state index contributed by atoms with van der Waals surface area (Å²) in [5, 5.41) is 0. The van der Waals surface area contributed by atoms with E-state index in [2.05, 4.69) is 9.97 Å². The number of nitrogens with zero attached hydrogens (tertiary/aromatic N) is 2. The highest BCUT2D eigenvalue weighted by atomic mass is 16.5. The van der Waals surface area contributed by atoms with Crippen LogP contribution in [0.3, 0.4) is 0 Å². The number of carbonyl (C=O) groups is 1. The number of rotatable bonds is 4. The molecule has 0 aliphatic carbocycles. The van der Waals surface area contributed by atoms with Gasteiger partial charge in [-0.15, -0.1) is 0 Å². The second-order valence-electron chi connectivity index (χ2n) is 3.51. The Balaban J connectivity index is 2.41. The van der Waals surface area contributed by atoms with E-state index in [1.54, 1.807) is 19.1 Å². The molecule has 0 aromatic carbocycles. The minimum atomic E-state index is -0.380. The SMILES string of the molecule is COc1cnc(C(=O)c2ccc(C)o2)c(OC)n1. The van der Waals surface area contributed by atoms with Crippen LogP contribution in [0.1, 0.15) is 22.0 Å². The Labute approximate surface area is 104 Å². The Morgan fingerprint density at radius 3 is 2.61 bits per heavy atom. The van der Waals surface area contributed by atoms with Crippen LogP contribution in [0.5, 0.6) is 11.8 Å². The maximum atomic E-state index is 12.1. The zero-order valence-electron chi connectivity index (χ0n) is 10.3. The molecule has 0 bridgehead atoms. The minimum absolute atomic E-state index is 0.0904. The molecule has 0 aliphatic rings. The van der Waals surface area contributed by atoms with Crippen molar-refractivity contribution < 1.29 is 18.7 Å². The maximum absolute atomic E-state index is 12.1. The molecule has 0 atom stereocenters. The number of furan rings is 1. The fourth-order valence-electron chi connectivity index (χ4n) is 1.43. The molecule has 0 spiro atoms. The molecule has 0 saturated carbocycles. The van der Waals surface area contributed by atoms with E-state index in [0.717, 1.165) is 0 Å². The van der Waals surface area contributed by atoms with Gasteiger partial charge in [-0.2, -0.15) is 4.98 Å². The zero-order valence-corrected chi connectivity index (χ0v) is 10.3. The van der Waals surface area contributed by atoms with E-state index in [1.165, 1.54) is 20.4 Å². The molecule has 2 aromatic rings. The van der Waals surface area contributed by atoms with Crippen LogP contribution in [0.25, 0.3) is 0 Å². The Kier molecular flexibility index (Phi) is 3.27. The topological polar surface area (TPSA) is 74.5 Å². The molecular weight excluding hydrogens is 236 g/mol. The fourth-order valence-corrected chi connectivity index (χ4v) is 1.43. The summed E-state index contributed by atoms with van der Waals surface area (Å²) in [6, 6.07) is 3.29. The predicted molar refractivity (Wildman–Crippen MR) is 62.0 cm³/mol. The first-order valence-electron chi connectivity index (χ1n) is 5.22. The Morgan fingerprint density at radius 2 is 2.06 bits per heavy atom. The van der Waals surface area contributed by atoms with Gasteiger partial charge in [0.25, 0.3) is 5.78 Å². The van der Waals surface area contributed by atoms with E-state index in [0.29, 0.717) is 5.76 Å². The first-order chi connectivity index (χ1) is 8.65. The van der Waals surface area contributed by atoms with Crippen molar-refractivity contribution >= 4 is 5.78 Å². The molecule has 0 aliphatic heterocycles. The molecule has 0 N–H and O–H groups in total. The lowest BCUT2D eigenvalue weighted by Crippen LogP contribution is -2.08. The van der Waals surface area contributed by atoms with Crippen LogP contribution in [0.2, 0.25) is 0 Å². The van der Waals surface area contributed by atoms with Gasteiger partial charge in [0.1, 0.15) is 5.76 Å². The number of aromatic nitrogens is 2. The monoisotopic (exact) mass is 248 g/mol. The number of ketones is 1. The fraction of sp³-hybridized carbons (Fsp3) is 0.250. The van der Waals surface area contributed by atoms with E-state index < -0.39 is 0 Å². The van der Waals surface area contributed by atoms with Gasteiger partial charge in [-0.25, -0.2) is 4.98 Å². The van der Waals surface area contributed by atoms with Crippen LogP contribution in [0, 0.1) is 6.92 Å². The van der Waals surface area contributed by atoms with Crippen molar-refractivity contribution in [2.75, 3.05) is 14.2 Å². The van der Waals surface area contributed by atoms with Gasteiger partial charge in [0.2, 0.25) is 11.8 Å². The van der Waals surface area contributed by atoms with Crippen molar-refractivity contribution in [3.8, 4) is 11.8 Å². The molecule has 6 nitrogen and oxygen atoms in total. The number of ether oxygens (including phenoxy) is 2. The zero-order chi connectivity index (χ0) is 13.1. The van der Waals surface area contributed by atoms with Crippen molar-refractivity contribution in [2.45, 2.75) is 6.92 Å². The molecule has 2 aromatic heterocycles. The molecule has 0 saturated heterocycles. The van der Waals surface area contributed by atoms with Gasteiger partial charge in [0.15, 0.2) is 11.5 Å². The second kappa shape index (κ2) is 4.87. The van der Waals surface area contributed by atoms with E-state index >= 15 is 0 Å². The summed E-state index contributed by atoms with van der Waals surface area (Å²) in [4.78, 5) is 20.1. The summed E-state index contributed by atoms with van der Waals surface area (Å²) in [7, 11) is 2.87. The lowest BCUT2D eigenvalue weighted by molar-refractivity contribution is 0.0999. The van der Waals surface area contributed by atoms with Crippen molar-refractivity contribution in [3.63, 3.8) is 0 Å². The molecule has 0 radical (unpaired) electrons. The molecule has 94 valence electrons. The maximum Gasteiger partial charge on any atom is 0.252 e. The Bertz CT molecular complexity index is 577. The van der Waals surface area contributed by atoms with E-state index in [1.807, 2.05) is 0 Å². The summed E-state index contributed by atoms with van der Waals surface area (Å²) in [6.07, 6.45) is 1.35. The second-order valence-corrected chi connectivity index (χ2v) is 3.51. The summed E-state index contributed by atoms with van der Waals surface area (Å²) < 4.78 is 15.2. The number of carbonyl (C=O) groups excluding carboxylic acids is 1. The largest absolute Gasteiger partial charge is 0.480 e. The van der Waals surface area contributed by atoms with Gasteiger partial charge in [0.05, 0.1) is 20.4 Å². The summed E-state index contributed by atoms with van der Waals surface area (Å²) in [5.41, 5.74) is 0.0904. The Hall–Kier alpha value is -2.37. The van der Waals surface area contributed by atoms with Crippen molar-refractivity contribution in [2.24, 2.45) is 0 Å². The summed E-state index contributed by atoms with van der Waals surface area (Å²) in [6.45, 7) is 1.76. The molecule has 2 heterocycles. The highest BCUT2D eigenvalue weighted by Crippen LogP contribution is 2.20. The number of hydrogen-bond acceptors (Lipinski definition) is 6. The van der Waals surface area contributed by atoms with E-state index in [9.17, 15) is 4.79 Å². The Morgan fingerprint density at radius 1 is 1.28 bits per heavy atom. The molecule has 18 heavy (non-hydrogen) atoms. The minimum Gasteiger partial charge on any atom is -0.480 e. The molecular formula is C12H12N2O4. The average Bonchev–Trinajstić information content (AvgIpc) is 2.83. The number of methoxy groups -OCH3 is 2. The highest BCUT2D eigenvalue weighted by Gasteiger charge is 2.21. The standard InChI is InChI=1S/C12H12N2O4/c1-7-4-5-8(18-7)11(15)10-12(17-3)14-9(16-2)6-13-10/h4-6H,1-3H3. The van der Waals surface area contributed by atoms with Gasteiger partial charge in [-0.3, -0.25) is 4.79 Å². The summed E-state index contributed by atoms with van der Waals surface area (Å²) in [5.74, 6) is 0.853. The lowest BCUT2D eigenvalue weighted by Gasteiger charge is -2.05. The normalized spacial score (nSPS) is 10.2. The van der Waals surface area contributed by atoms with Crippen LogP contribution in [-0.2, 0) is 0 Å². The van der Waals surface area contributed by atoms with Crippen LogP contribution in [-0.4, -0.2) is 30.0 Å². The number of hydrogen-bond donors (Lipinski definition) is 0. The quantitative estimate of drug-likeness (QED) is 0.765. The van der Waals surface area contributed by atoms with Gasteiger partial charge in [-0.1, -0.05) is 0 Å². The lowest BCUT2D eigenvalue weighted by atomic mass is 10.2. The van der Waals surface area contributed by atoms with Gasteiger partial charge in [-0.05, 0) is 19.1 Å². The van der Waals surface area contributed by atoms with Gasteiger partial charge in [0, 0.05) is 0 Å². The van der Waals surface area contributed by atoms with Crippen molar-refractivity contribution in [3.05, 3.63) is 35.5 Å². The third kappa shape index (κ3) is 2.17. The van der Waals surface area contributed by atoms with Crippen LogP contribution >= 0.6 is 0 Å². The molecule has 0 fully saturated rings. The average molecular weight is 248 g/mol. The van der Waals surface area contributed by atoms with Crippen molar-refractivity contribution in [1.82, 2.24) is 9.97 Å². The number of aryl methyl sites for hydroxylation is 1. The van der Waals surface area contributed by atoms with E-state index in [4.69, 9.17) is 13.9 Å². The van der Waals surface area contributed by atoms with Gasteiger partial charge >= 0.3 is 0 Å². The molecule has 0 unspecified atom stereocenters. The highest BCUT2D eigenvalue weighted by molar-refractivity contribution is 6.07. The first kappa shape index (κ1) is 12.1. The van der Waals surface area contributed by atoms with E-state index in [-0.39, 0.29) is 29.0 Å². The molecule has 0 amide bonds. The van der Waals surface area contributed by atoms with Crippen LogP contribution in [0.4, 0.5) is 0 Å². The van der Waals surface area contributed by atoms with Crippen LogP contribution in [0.15, 0.2) is 22.7 Å². The third-order valence-corrected chi connectivity index (χ3v) is 2.30. The van der Waals surface area contributed by atoms with Crippen LogP contribution < -0.4 is 9.47 Å². The smallest absolute Gasteiger partial charge is 0.252 e. The van der Waals surface area contributed by atoms with Gasteiger partial charge < -0.3 is 13.9 Å². The molecule has 6 heteroatoms. The molecule has 2 rings (SSSR count). The predicted octanol–water partition coefficient (Wildman–Crippen LogP) is 1.63. The third-order valence-electron chi connectivity index (χ3n) is 2.30. The summed E-state index contributed by atoms with van der Waals surface area (Å²) >= 11 is 0. The first-order valence-corrected chi connectivity index (χ1v) is 5.22.